The second-order valence-corrected chi connectivity index (χ2v) is 9.44. The standard InChI is InChI=1S/C17H26N2O4S/c1-7-23-15(20)14-13(17(14,5)6)11-8-9-12(18-10-11)24(21,22)19-16(2,3)4/h8-10,13-14,19H,7H2,1-6H3. The van der Waals surface area contributed by atoms with Gasteiger partial charge in [-0.25, -0.2) is 18.1 Å². The minimum absolute atomic E-state index is 0.00335. The van der Waals surface area contributed by atoms with Crippen molar-refractivity contribution in [1.29, 1.82) is 0 Å². The molecular formula is C17H26N2O4S. The Balaban J connectivity index is 2.20. The highest BCUT2D eigenvalue weighted by molar-refractivity contribution is 7.89. The van der Waals surface area contributed by atoms with Gasteiger partial charge in [-0.3, -0.25) is 4.79 Å². The maximum atomic E-state index is 12.3. The molecule has 1 fully saturated rings. The molecule has 0 radical (unpaired) electrons. The lowest BCUT2D eigenvalue weighted by molar-refractivity contribution is -0.145. The van der Waals surface area contributed by atoms with Crippen LogP contribution in [0.2, 0.25) is 0 Å². The Morgan fingerprint density at radius 1 is 1.33 bits per heavy atom. The number of hydrogen-bond donors (Lipinski definition) is 1. The van der Waals surface area contributed by atoms with Crippen LogP contribution in [0.15, 0.2) is 23.4 Å². The lowest BCUT2D eigenvalue weighted by atomic mass is 10.1. The number of esters is 1. The van der Waals surface area contributed by atoms with Crippen molar-refractivity contribution in [2.24, 2.45) is 11.3 Å². The van der Waals surface area contributed by atoms with E-state index in [1.54, 1.807) is 40.0 Å². The second kappa shape index (κ2) is 6.11. The number of nitrogens with zero attached hydrogens (tertiary/aromatic N) is 1. The molecule has 6 nitrogen and oxygen atoms in total. The summed E-state index contributed by atoms with van der Waals surface area (Å²) in [6.45, 7) is 11.5. The maximum Gasteiger partial charge on any atom is 0.310 e. The molecule has 134 valence electrons. The zero-order valence-electron chi connectivity index (χ0n) is 15.1. The van der Waals surface area contributed by atoms with Gasteiger partial charge in [-0.05, 0) is 44.7 Å². The van der Waals surface area contributed by atoms with Crippen LogP contribution in [-0.2, 0) is 19.6 Å². The Morgan fingerprint density at radius 2 is 1.96 bits per heavy atom. The summed E-state index contributed by atoms with van der Waals surface area (Å²) < 4.78 is 32.3. The van der Waals surface area contributed by atoms with Crippen LogP contribution < -0.4 is 4.72 Å². The molecule has 1 aromatic rings. The zero-order chi connectivity index (χ0) is 18.3. The van der Waals surface area contributed by atoms with E-state index in [4.69, 9.17) is 4.74 Å². The zero-order valence-corrected chi connectivity index (χ0v) is 15.9. The molecule has 1 N–H and O–H groups in total. The Morgan fingerprint density at radius 3 is 2.42 bits per heavy atom. The van der Waals surface area contributed by atoms with Crippen molar-refractivity contribution in [3.8, 4) is 0 Å². The first kappa shape index (κ1) is 18.9. The van der Waals surface area contributed by atoms with Gasteiger partial charge in [-0.15, -0.1) is 0 Å². The lowest BCUT2D eigenvalue weighted by Crippen LogP contribution is -2.40. The van der Waals surface area contributed by atoms with Crippen LogP contribution in [0.5, 0.6) is 0 Å². The summed E-state index contributed by atoms with van der Waals surface area (Å²) in [5.74, 6) is -0.426. The Labute approximate surface area is 144 Å². The molecule has 0 saturated heterocycles. The molecule has 2 unspecified atom stereocenters. The van der Waals surface area contributed by atoms with E-state index >= 15 is 0 Å². The van der Waals surface area contributed by atoms with Gasteiger partial charge < -0.3 is 4.74 Å². The summed E-state index contributed by atoms with van der Waals surface area (Å²) in [5.41, 5.74) is 0.0674. The highest BCUT2D eigenvalue weighted by atomic mass is 32.2. The Hall–Kier alpha value is -1.47. The van der Waals surface area contributed by atoms with Gasteiger partial charge in [0.15, 0.2) is 5.03 Å². The van der Waals surface area contributed by atoms with Crippen LogP contribution in [0, 0.1) is 11.3 Å². The van der Waals surface area contributed by atoms with Crippen LogP contribution in [-0.4, -0.2) is 31.5 Å². The van der Waals surface area contributed by atoms with Gasteiger partial charge in [0.05, 0.1) is 12.5 Å². The number of rotatable bonds is 5. The van der Waals surface area contributed by atoms with Gasteiger partial charge in [-0.2, -0.15) is 0 Å². The average molecular weight is 354 g/mol. The minimum atomic E-state index is -3.66. The van der Waals surface area contributed by atoms with Crippen LogP contribution in [0.25, 0.3) is 0 Å². The molecule has 1 aromatic heterocycles. The molecule has 0 bridgehead atoms. The summed E-state index contributed by atoms with van der Waals surface area (Å²) in [5, 5.41) is -0.0210. The number of carbonyl (C=O) groups is 1. The second-order valence-electron chi connectivity index (χ2n) is 7.81. The summed E-state index contributed by atoms with van der Waals surface area (Å²) in [4.78, 5) is 16.1. The van der Waals surface area contributed by atoms with E-state index in [0.29, 0.717) is 6.61 Å². The number of hydrogen-bond acceptors (Lipinski definition) is 5. The highest BCUT2D eigenvalue weighted by Crippen LogP contribution is 2.64. The largest absolute Gasteiger partial charge is 0.466 e. The Kier molecular flexibility index (Phi) is 4.80. The first-order valence-corrected chi connectivity index (χ1v) is 9.55. The quantitative estimate of drug-likeness (QED) is 0.821. The van der Waals surface area contributed by atoms with Gasteiger partial charge in [0.2, 0.25) is 0 Å². The highest BCUT2D eigenvalue weighted by Gasteiger charge is 2.63. The van der Waals surface area contributed by atoms with Crippen molar-refractivity contribution in [1.82, 2.24) is 9.71 Å². The fourth-order valence-corrected chi connectivity index (χ4v) is 4.47. The fraction of sp³-hybridized carbons (Fsp3) is 0.647. The van der Waals surface area contributed by atoms with Gasteiger partial charge >= 0.3 is 5.97 Å². The number of carbonyl (C=O) groups excluding carboxylic acids is 1. The van der Waals surface area contributed by atoms with E-state index in [2.05, 4.69) is 9.71 Å². The van der Waals surface area contributed by atoms with Gasteiger partial charge in [-0.1, -0.05) is 19.9 Å². The van der Waals surface area contributed by atoms with Crippen molar-refractivity contribution in [2.75, 3.05) is 6.61 Å². The minimum Gasteiger partial charge on any atom is -0.466 e. The number of pyridine rings is 1. The van der Waals surface area contributed by atoms with Gasteiger partial charge in [0, 0.05) is 17.7 Å². The lowest BCUT2D eigenvalue weighted by Gasteiger charge is -2.19. The SMILES string of the molecule is CCOC(=O)C1C(c2ccc(S(=O)(=O)NC(C)(C)C)nc2)C1(C)C. The number of aromatic nitrogens is 1. The third kappa shape index (κ3) is 3.78. The van der Waals surface area contributed by atoms with Gasteiger partial charge in [0.25, 0.3) is 10.0 Å². The summed E-state index contributed by atoms with van der Waals surface area (Å²) in [6.07, 6.45) is 1.54. The summed E-state index contributed by atoms with van der Waals surface area (Å²) >= 11 is 0. The molecule has 0 amide bonds. The normalized spacial score (nSPS) is 22.9. The molecule has 1 saturated carbocycles. The summed E-state index contributed by atoms with van der Waals surface area (Å²) in [6, 6.07) is 3.22. The van der Waals surface area contributed by atoms with E-state index in [0.717, 1.165) is 5.56 Å². The fourth-order valence-electron chi connectivity index (χ4n) is 3.12. The van der Waals surface area contributed by atoms with Crippen molar-refractivity contribution < 1.29 is 17.9 Å². The van der Waals surface area contributed by atoms with Crippen molar-refractivity contribution in [2.45, 2.75) is 58.0 Å². The molecule has 0 aliphatic heterocycles. The van der Waals surface area contributed by atoms with Crippen LogP contribution in [0.3, 0.4) is 0 Å². The van der Waals surface area contributed by atoms with E-state index in [1.165, 1.54) is 6.07 Å². The molecule has 1 heterocycles. The third-order valence-corrected chi connectivity index (χ3v) is 5.88. The molecular weight excluding hydrogens is 328 g/mol. The van der Waals surface area contributed by atoms with E-state index in [1.807, 2.05) is 13.8 Å². The third-order valence-electron chi connectivity index (χ3n) is 4.20. The monoisotopic (exact) mass is 354 g/mol. The predicted molar refractivity (Wildman–Crippen MR) is 91.0 cm³/mol. The Bertz CT molecular complexity index is 718. The first-order valence-electron chi connectivity index (χ1n) is 8.06. The molecule has 1 aliphatic carbocycles. The molecule has 0 aromatic carbocycles. The van der Waals surface area contributed by atoms with Crippen molar-refractivity contribution >= 4 is 16.0 Å². The topological polar surface area (TPSA) is 85.4 Å². The molecule has 1 aliphatic rings. The van der Waals surface area contributed by atoms with Crippen LogP contribution in [0.4, 0.5) is 0 Å². The average Bonchev–Trinajstić information content (AvgIpc) is 2.99. The van der Waals surface area contributed by atoms with Crippen molar-refractivity contribution in [3.63, 3.8) is 0 Å². The smallest absolute Gasteiger partial charge is 0.310 e. The van der Waals surface area contributed by atoms with Crippen molar-refractivity contribution in [3.05, 3.63) is 23.9 Å². The van der Waals surface area contributed by atoms with E-state index in [-0.39, 0.29) is 28.2 Å². The van der Waals surface area contributed by atoms with E-state index < -0.39 is 15.6 Å². The van der Waals surface area contributed by atoms with E-state index in [9.17, 15) is 13.2 Å². The number of nitrogens with one attached hydrogen (secondary N) is 1. The molecule has 0 spiro atoms. The molecule has 2 rings (SSSR count). The predicted octanol–water partition coefficient (Wildman–Crippen LogP) is 2.46. The first-order chi connectivity index (χ1) is 10.9. The maximum absolute atomic E-state index is 12.3. The molecule has 24 heavy (non-hydrogen) atoms. The number of ether oxygens (including phenoxy) is 1. The summed E-state index contributed by atoms with van der Waals surface area (Å²) in [7, 11) is -3.66. The van der Waals surface area contributed by atoms with Crippen LogP contribution >= 0.6 is 0 Å². The number of sulfonamides is 1. The van der Waals surface area contributed by atoms with Gasteiger partial charge in [0.1, 0.15) is 0 Å². The molecule has 2 atom stereocenters. The van der Waals surface area contributed by atoms with Crippen LogP contribution in [0.1, 0.15) is 53.0 Å². The molecule has 7 heteroatoms.